The molecule has 0 aliphatic carbocycles. The summed E-state index contributed by atoms with van der Waals surface area (Å²) in [5.74, 6) is 0.542. The molecular weight excluding hydrogens is 456 g/mol. The van der Waals surface area contributed by atoms with Gasteiger partial charge in [0, 0.05) is 44.6 Å². The highest BCUT2D eigenvalue weighted by molar-refractivity contribution is 5.95. The number of carbonyl (C=O) groups is 1. The Hall–Kier alpha value is -3.92. The van der Waals surface area contributed by atoms with Crippen LogP contribution in [0.4, 0.5) is 5.82 Å². The van der Waals surface area contributed by atoms with Crippen LogP contribution >= 0.6 is 0 Å². The van der Waals surface area contributed by atoms with Gasteiger partial charge < -0.3 is 15.1 Å². The first-order chi connectivity index (χ1) is 17.5. The highest BCUT2D eigenvalue weighted by Gasteiger charge is 2.37. The molecule has 0 bridgehead atoms. The Morgan fingerprint density at radius 1 is 1.14 bits per heavy atom. The van der Waals surface area contributed by atoms with Crippen LogP contribution in [0.15, 0.2) is 59.7 Å². The fraction of sp³-hybridized carbons (Fsp3) is 0.385. The minimum Gasteiger partial charge on any atom is -0.349 e. The third-order valence-electron chi connectivity index (χ3n) is 7.48. The zero-order valence-electron chi connectivity index (χ0n) is 20.5. The molecule has 0 radical (unpaired) electrons. The van der Waals surface area contributed by atoms with E-state index in [-0.39, 0.29) is 29.1 Å². The lowest BCUT2D eigenvalue weighted by molar-refractivity contribution is 0.0937. The maximum absolute atomic E-state index is 13.4. The summed E-state index contributed by atoms with van der Waals surface area (Å²) in [5.41, 5.74) is 2.06. The van der Waals surface area contributed by atoms with E-state index >= 15 is 0 Å². The summed E-state index contributed by atoms with van der Waals surface area (Å²) in [6.45, 7) is 5.60. The van der Waals surface area contributed by atoms with E-state index in [9.17, 15) is 9.59 Å². The number of imidazole rings is 1. The van der Waals surface area contributed by atoms with E-state index in [1.807, 2.05) is 55.6 Å². The summed E-state index contributed by atoms with van der Waals surface area (Å²) < 4.78 is 5.06. The van der Waals surface area contributed by atoms with Gasteiger partial charge in [0.15, 0.2) is 5.65 Å². The summed E-state index contributed by atoms with van der Waals surface area (Å²) >= 11 is 0. The molecule has 36 heavy (non-hydrogen) atoms. The van der Waals surface area contributed by atoms with Crippen LogP contribution in [-0.4, -0.2) is 73.0 Å². The summed E-state index contributed by atoms with van der Waals surface area (Å²) in [6, 6.07) is 13.5. The molecule has 0 spiro atoms. The third-order valence-corrected chi connectivity index (χ3v) is 7.48. The molecule has 6 rings (SSSR count). The second-order valence-corrected chi connectivity index (χ2v) is 9.72. The number of aromatic nitrogens is 5. The van der Waals surface area contributed by atoms with E-state index in [1.165, 1.54) is 6.42 Å². The first-order valence-corrected chi connectivity index (χ1v) is 12.4. The van der Waals surface area contributed by atoms with Gasteiger partial charge in [0.25, 0.3) is 11.5 Å². The summed E-state index contributed by atoms with van der Waals surface area (Å²) in [6.07, 6.45) is 5.60. The van der Waals surface area contributed by atoms with Crippen LogP contribution in [0.5, 0.6) is 0 Å². The first-order valence-electron chi connectivity index (χ1n) is 12.4. The molecule has 2 saturated heterocycles. The Morgan fingerprint density at radius 2 is 1.94 bits per heavy atom. The zero-order chi connectivity index (χ0) is 24.8. The molecule has 2 atom stereocenters. The van der Waals surface area contributed by atoms with Crippen LogP contribution in [0.2, 0.25) is 0 Å². The number of benzene rings is 1. The number of hydrogen-bond donors (Lipinski definition) is 1. The maximum Gasteiger partial charge on any atom is 0.284 e. The first kappa shape index (κ1) is 22.5. The fourth-order valence-corrected chi connectivity index (χ4v) is 5.38. The topological polar surface area (TPSA) is 92.7 Å². The van der Waals surface area contributed by atoms with E-state index in [0.29, 0.717) is 12.2 Å². The molecule has 186 valence electrons. The molecule has 10 heteroatoms. The highest BCUT2D eigenvalue weighted by Crippen LogP contribution is 2.26. The van der Waals surface area contributed by atoms with E-state index in [1.54, 1.807) is 27.1 Å². The van der Waals surface area contributed by atoms with Gasteiger partial charge in [-0.1, -0.05) is 18.2 Å². The number of nitrogens with zero attached hydrogens (tertiary/aromatic N) is 7. The van der Waals surface area contributed by atoms with Crippen LogP contribution in [0.1, 0.15) is 28.9 Å². The van der Waals surface area contributed by atoms with Gasteiger partial charge >= 0.3 is 0 Å². The van der Waals surface area contributed by atoms with Crippen molar-refractivity contribution >= 4 is 17.4 Å². The number of amides is 1. The Morgan fingerprint density at radius 3 is 2.69 bits per heavy atom. The van der Waals surface area contributed by atoms with Crippen molar-refractivity contribution in [2.24, 2.45) is 7.05 Å². The van der Waals surface area contributed by atoms with Crippen molar-refractivity contribution in [3.05, 3.63) is 76.5 Å². The summed E-state index contributed by atoms with van der Waals surface area (Å²) in [5, 5.41) is 7.93. The van der Waals surface area contributed by atoms with Crippen molar-refractivity contribution in [1.82, 2.24) is 34.2 Å². The van der Waals surface area contributed by atoms with Gasteiger partial charge in [-0.3, -0.25) is 14.3 Å². The van der Waals surface area contributed by atoms with Crippen LogP contribution in [-0.2, 0) is 7.05 Å². The maximum atomic E-state index is 13.4. The molecule has 10 nitrogen and oxygen atoms in total. The molecule has 3 aromatic heterocycles. The largest absolute Gasteiger partial charge is 0.349 e. The molecule has 0 unspecified atom stereocenters. The second-order valence-electron chi connectivity index (χ2n) is 9.72. The van der Waals surface area contributed by atoms with Crippen molar-refractivity contribution in [3.63, 3.8) is 0 Å². The minimum absolute atomic E-state index is 0.0896. The molecule has 2 aliphatic heterocycles. The second kappa shape index (κ2) is 8.94. The number of anilines is 1. The Balaban J connectivity index is 1.25. The Bertz CT molecular complexity index is 1470. The van der Waals surface area contributed by atoms with E-state index in [4.69, 9.17) is 5.10 Å². The monoisotopic (exact) mass is 486 g/mol. The highest BCUT2D eigenvalue weighted by atomic mass is 16.2. The molecular formula is C26H30N8O2. The quantitative estimate of drug-likeness (QED) is 0.445. The lowest BCUT2D eigenvalue weighted by atomic mass is 10.1. The SMILES string of the molecule is Cc1c(C(=O)N[C@H]2C[C@H](CN3CCC3)N(c3ccc4nccn4n3)C2)c(=O)n(-c2ccccc2)n1C. The van der Waals surface area contributed by atoms with E-state index in [2.05, 4.69) is 20.1 Å². The lowest BCUT2D eigenvalue weighted by Crippen LogP contribution is -2.46. The molecule has 1 N–H and O–H groups in total. The third kappa shape index (κ3) is 3.87. The van der Waals surface area contributed by atoms with Crippen LogP contribution < -0.4 is 15.8 Å². The average molecular weight is 487 g/mol. The van der Waals surface area contributed by atoms with Crippen LogP contribution in [0.3, 0.4) is 0 Å². The molecule has 5 heterocycles. The van der Waals surface area contributed by atoms with E-state index in [0.717, 1.165) is 43.2 Å². The summed E-state index contributed by atoms with van der Waals surface area (Å²) in [4.78, 5) is 35.8. The van der Waals surface area contributed by atoms with Gasteiger partial charge in [0.05, 0.1) is 11.4 Å². The number of para-hydroxylation sites is 1. The van der Waals surface area contributed by atoms with Crippen LogP contribution in [0, 0.1) is 6.92 Å². The van der Waals surface area contributed by atoms with Gasteiger partial charge in [-0.25, -0.2) is 14.2 Å². The molecule has 2 aliphatic rings. The summed E-state index contributed by atoms with van der Waals surface area (Å²) in [7, 11) is 1.80. The predicted molar refractivity (Wildman–Crippen MR) is 137 cm³/mol. The predicted octanol–water partition coefficient (Wildman–Crippen LogP) is 1.61. The molecule has 1 aromatic carbocycles. The van der Waals surface area contributed by atoms with Crippen molar-refractivity contribution in [1.29, 1.82) is 0 Å². The Labute approximate surface area is 208 Å². The lowest BCUT2D eigenvalue weighted by Gasteiger charge is -2.36. The normalized spacial score (nSPS) is 20.1. The zero-order valence-corrected chi connectivity index (χ0v) is 20.5. The molecule has 1 amide bonds. The minimum atomic E-state index is -0.324. The van der Waals surface area contributed by atoms with Gasteiger partial charge in [0.2, 0.25) is 0 Å². The van der Waals surface area contributed by atoms with Gasteiger partial charge in [-0.15, -0.1) is 5.10 Å². The average Bonchev–Trinajstić information content (AvgIpc) is 3.53. The van der Waals surface area contributed by atoms with Crippen LogP contribution in [0.25, 0.3) is 11.3 Å². The standard InChI is InChI=1S/C26H30N8O2/c1-18-24(26(36)34(30(18)2)20-7-4-3-5-8-20)25(35)28-19-15-21(17-31-12-6-13-31)32(16-19)23-10-9-22-27-11-14-33(22)29-23/h3-5,7-11,14,19,21H,6,12-13,15-17H2,1-2H3,(H,28,35)/t19-,21+/m0/s1. The van der Waals surface area contributed by atoms with Crippen molar-refractivity contribution in [2.45, 2.75) is 31.8 Å². The number of carbonyl (C=O) groups excluding carboxylic acids is 1. The van der Waals surface area contributed by atoms with Gasteiger partial charge in [-0.05, 0) is 57.1 Å². The van der Waals surface area contributed by atoms with Gasteiger partial charge in [0.1, 0.15) is 11.4 Å². The number of likely N-dealkylation sites (tertiary alicyclic amines) is 1. The van der Waals surface area contributed by atoms with E-state index < -0.39 is 0 Å². The molecule has 4 aromatic rings. The molecule has 2 fully saturated rings. The number of nitrogens with one attached hydrogen (secondary N) is 1. The number of hydrogen-bond acceptors (Lipinski definition) is 6. The number of fused-ring (bicyclic) bond motifs is 1. The van der Waals surface area contributed by atoms with Gasteiger partial charge in [-0.2, -0.15) is 0 Å². The fourth-order valence-electron chi connectivity index (χ4n) is 5.38. The smallest absolute Gasteiger partial charge is 0.284 e. The van der Waals surface area contributed by atoms with Crippen molar-refractivity contribution in [2.75, 3.05) is 31.1 Å². The Kier molecular flexibility index (Phi) is 5.60. The van der Waals surface area contributed by atoms with Crippen molar-refractivity contribution in [3.8, 4) is 5.69 Å². The number of rotatable bonds is 6. The van der Waals surface area contributed by atoms with Crippen molar-refractivity contribution < 1.29 is 4.79 Å². The molecule has 0 saturated carbocycles.